The summed E-state index contributed by atoms with van der Waals surface area (Å²) in [6, 6.07) is 34.9. The topological polar surface area (TPSA) is 40.6 Å². The molecule has 0 amide bonds. The molecule has 4 aromatic carbocycles. The molecule has 6 rings (SSSR count). The third-order valence-corrected chi connectivity index (χ3v) is 9.93. The van der Waals surface area contributed by atoms with E-state index in [2.05, 4.69) is 0 Å². The Balaban J connectivity index is 1.73. The van der Waals surface area contributed by atoms with Gasteiger partial charge in [0.1, 0.15) is 21.6 Å². The molecule has 31 heavy (non-hydrogen) atoms. The largest absolute Gasteiger partial charge is 0.294 e. The summed E-state index contributed by atoms with van der Waals surface area (Å²) < 4.78 is 27.3. The van der Waals surface area contributed by atoms with E-state index in [0.717, 1.165) is 22.7 Å². The summed E-state index contributed by atoms with van der Waals surface area (Å²) in [5.41, 5.74) is 3.46. The lowest BCUT2D eigenvalue weighted by atomic mass is 10.2. The minimum atomic E-state index is -1.60. The summed E-state index contributed by atoms with van der Waals surface area (Å²) in [6.07, 6.45) is 0. The van der Waals surface area contributed by atoms with Crippen LogP contribution in [0.5, 0.6) is 0 Å². The Morgan fingerprint density at radius 1 is 0.484 bits per heavy atom. The molecule has 152 valence electrons. The van der Waals surface area contributed by atoms with Gasteiger partial charge in [0.15, 0.2) is 0 Å². The Morgan fingerprint density at radius 2 is 0.839 bits per heavy atom. The van der Waals surface area contributed by atoms with E-state index in [4.69, 9.17) is 0 Å². The van der Waals surface area contributed by atoms with Crippen LogP contribution in [0.15, 0.2) is 119 Å². The molecule has 2 atom stereocenters. The molecule has 0 aromatic heterocycles. The average molecular weight is 443 g/mol. The van der Waals surface area contributed by atoms with Crippen molar-refractivity contribution in [2.24, 2.45) is 0 Å². The van der Waals surface area contributed by atoms with E-state index >= 15 is 0 Å². The number of fused-ring (bicyclic) bond motifs is 2. The molecule has 2 heterocycles. The summed E-state index contributed by atoms with van der Waals surface area (Å²) in [4.78, 5) is 5.24. The van der Waals surface area contributed by atoms with E-state index in [1.165, 1.54) is 0 Å². The van der Waals surface area contributed by atoms with Crippen molar-refractivity contribution in [3.8, 4) is 0 Å². The number of hydrogen-bond acceptors (Lipinski definition) is 4. The van der Waals surface area contributed by atoms with Crippen molar-refractivity contribution in [1.82, 2.24) is 0 Å². The van der Waals surface area contributed by atoms with Gasteiger partial charge in [-0.2, -0.15) is 0 Å². The standard InChI is InChI=1S/C25H18N2O2S2/c28-30-23-17-9-10-18-24(23)31(29)25(30)26(19-11-3-1-4-12-19)21-15-7-8-16-22(21)27(25)20-13-5-2-6-14-20/h1-18H. The third-order valence-electron chi connectivity index (χ3n) is 5.69. The van der Waals surface area contributed by atoms with Crippen molar-refractivity contribution in [2.75, 3.05) is 9.80 Å². The van der Waals surface area contributed by atoms with Crippen LogP contribution in [0.1, 0.15) is 0 Å². The SMILES string of the molecule is O=S1c2ccccc2S(=O)C12N(c1ccccc1)c1ccccc1N2c1ccccc1. The van der Waals surface area contributed by atoms with E-state index in [-0.39, 0.29) is 0 Å². The molecule has 0 bridgehead atoms. The van der Waals surface area contributed by atoms with Gasteiger partial charge in [-0.25, -0.2) is 8.42 Å². The normalized spacial score (nSPS) is 20.6. The fourth-order valence-corrected chi connectivity index (χ4v) is 8.95. The zero-order valence-corrected chi connectivity index (χ0v) is 18.1. The number of rotatable bonds is 2. The Kier molecular flexibility index (Phi) is 4.13. The summed E-state index contributed by atoms with van der Waals surface area (Å²) in [5.74, 6) is 0. The highest BCUT2D eigenvalue weighted by Crippen LogP contribution is 2.59. The second-order valence-corrected chi connectivity index (χ2v) is 10.7. The molecule has 1 spiro atoms. The van der Waals surface area contributed by atoms with Crippen LogP contribution in [0.25, 0.3) is 0 Å². The molecule has 4 aromatic rings. The first-order chi connectivity index (χ1) is 15.2. The second-order valence-electron chi connectivity index (χ2n) is 7.36. The van der Waals surface area contributed by atoms with Gasteiger partial charge < -0.3 is 0 Å². The van der Waals surface area contributed by atoms with Gasteiger partial charge in [-0.05, 0) is 48.5 Å². The number of benzene rings is 4. The van der Waals surface area contributed by atoms with Crippen LogP contribution in [-0.2, 0) is 21.6 Å². The molecule has 2 unspecified atom stereocenters. The molecule has 0 saturated carbocycles. The van der Waals surface area contributed by atoms with Crippen LogP contribution in [0.3, 0.4) is 0 Å². The maximum atomic E-state index is 14.3. The van der Waals surface area contributed by atoms with E-state index in [1.807, 2.05) is 119 Å². The molecule has 0 aliphatic carbocycles. The summed E-state index contributed by atoms with van der Waals surface area (Å²) in [6.45, 7) is 0. The maximum Gasteiger partial charge on any atom is 0.286 e. The summed E-state index contributed by atoms with van der Waals surface area (Å²) in [5, 5.41) is 0. The van der Waals surface area contributed by atoms with Crippen molar-refractivity contribution >= 4 is 44.3 Å². The van der Waals surface area contributed by atoms with E-state index in [0.29, 0.717) is 9.79 Å². The Labute approximate surface area is 185 Å². The first-order valence-corrected chi connectivity index (χ1v) is 12.3. The minimum Gasteiger partial charge on any atom is -0.294 e. The summed E-state index contributed by atoms with van der Waals surface area (Å²) in [7, 11) is -3.20. The van der Waals surface area contributed by atoms with Gasteiger partial charge in [0.05, 0.1) is 21.2 Å². The van der Waals surface area contributed by atoms with Gasteiger partial charge in [-0.1, -0.05) is 60.7 Å². The predicted molar refractivity (Wildman–Crippen MR) is 126 cm³/mol. The molecule has 0 fully saturated rings. The number of nitrogens with zero attached hydrogens (tertiary/aromatic N) is 2. The highest BCUT2D eigenvalue weighted by atomic mass is 32.2. The fourth-order valence-electron chi connectivity index (χ4n) is 4.45. The van der Waals surface area contributed by atoms with Crippen molar-refractivity contribution < 1.29 is 8.42 Å². The highest BCUT2D eigenvalue weighted by Gasteiger charge is 2.65. The molecular formula is C25H18N2O2S2. The smallest absolute Gasteiger partial charge is 0.286 e. The molecule has 0 saturated heterocycles. The van der Waals surface area contributed by atoms with Gasteiger partial charge in [0.25, 0.3) is 4.33 Å². The van der Waals surface area contributed by atoms with Crippen LogP contribution in [0, 0.1) is 0 Å². The van der Waals surface area contributed by atoms with Crippen LogP contribution in [-0.4, -0.2) is 12.7 Å². The Morgan fingerprint density at radius 3 is 1.26 bits per heavy atom. The lowest BCUT2D eigenvalue weighted by Crippen LogP contribution is -2.57. The predicted octanol–water partition coefficient (Wildman–Crippen LogP) is 5.52. The highest BCUT2D eigenvalue weighted by molar-refractivity contribution is 8.07. The van der Waals surface area contributed by atoms with Crippen molar-refractivity contribution in [3.63, 3.8) is 0 Å². The molecular weight excluding hydrogens is 424 g/mol. The van der Waals surface area contributed by atoms with E-state index < -0.39 is 25.9 Å². The van der Waals surface area contributed by atoms with Gasteiger partial charge in [-0.15, -0.1) is 0 Å². The van der Waals surface area contributed by atoms with Gasteiger partial charge in [0.2, 0.25) is 0 Å². The molecule has 4 nitrogen and oxygen atoms in total. The average Bonchev–Trinajstić information content (AvgIpc) is 3.26. The van der Waals surface area contributed by atoms with Gasteiger partial charge in [-0.3, -0.25) is 9.80 Å². The van der Waals surface area contributed by atoms with Crippen molar-refractivity contribution in [1.29, 1.82) is 0 Å². The van der Waals surface area contributed by atoms with Crippen molar-refractivity contribution in [3.05, 3.63) is 109 Å². The zero-order valence-electron chi connectivity index (χ0n) is 16.4. The lowest BCUT2D eigenvalue weighted by Gasteiger charge is -2.40. The Hall–Kier alpha value is -3.22. The quantitative estimate of drug-likeness (QED) is 0.410. The Bertz CT molecular complexity index is 1240. The third kappa shape index (κ3) is 2.40. The van der Waals surface area contributed by atoms with E-state index in [9.17, 15) is 8.42 Å². The van der Waals surface area contributed by atoms with Crippen LogP contribution < -0.4 is 9.80 Å². The van der Waals surface area contributed by atoms with Crippen LogP contribution in [0.4, 0.5) is 22.7 Å². The van der Waals surface area contributed by atoms with E-state index in [1.54, 1.807) is 0 Å². The molecule has 2 aliphatic heterocycles. The van der Waals surface area contributed by atoms with Crippen molar-refractivity contribution in [2.45, 2.75) is 14.1 Å². The van der Waals surface area contributed by atoms with Gasteiger partial charge in [0, 0.05) is 11.4 Å². The number of para-hydroxylation sites is 4. The number of anilines is 4. The molecule has 0 N–H and O–H groups in total. The van der Waals surface area contributed by atoms with Crippen LogP contribution in [0.2, 0.25) is 0 Å². The second kappa shape index (κ2) is 6.90. The van der Waals surface area contributed by atoms with Gasteiger partial charge >= 0.3 is 0 Å². The maximum absolute atomic E-state index is 14.3. The molecule has 0 radical (unpaired) electrons. The molecule has 2 aliphatic rings. The zero-order chi connectivity index (χ0) is 21.0. The number of hydrogen-bond donors (Lipinski definition) is 0. The fraction of sp³-hybridized carbons (Fsp3) is 0.0400. The summed E-state index contributed by atoms with van der Waals surface area (Å²) >= 11 is 0. The molecule has 6 heteroatoms. The first kappa shape index (κ1) is 18.5. The lowest BCUT2D eigenvalue weighted by molar-refractivity contribution is 0.649. The monoisotopic (exact) mass is 442 g/mol. The van der Waals surface area contributed by atoms with Crippen LogP contribution >= 0.6 is 0 Å². The first-order valence-electron chi connectivity index (χ1n) is 9.97. The minimum absolute atomic E-state index is 0.621.